The summed E-state index contributed by atoms with van der Waals surface area (Å²) in [7, 11) is 0. The molecule has 0 heterocycles. The maximum atomic E-state index is 12.1. The van der Waals surface area contributed by atoms with Crippen LogP contribution in [0.1, 0.15) is 98.3 Å². The van der Waals surface area contributed by atoms with Gasteiger partial charge < -0.3 is 9.84 Å². The summed E-state index contributed by atoms with van der Waals surface area (Å²) in [6.07, 6.45) is 13.0. The van der Waals surface area contributed by atoms with Crippen molar-refractivity contribution in [1.29, 1.82) is 0 Å². The van der Waals surface area contributed by atoms with E-state index in [1.165, 1.54) is 0 Å². The van der Waals surface area contributed by atoms with Crippen molar-refractivity contribution in [2.24, 2.45) is 28.1 Å². The Labute approximate surface area is 172 Å². The highest BCUT2D eigenvalue weighted by Crippen LogP contribution is 2.67. The molecule has 0 bridgehead atoms. The van der Waals surface area contributed by atoms with Crippen LogP contribution >= 0.6 is 0 Å². The van der Waals surface area contributed by atoms with Crippen LogP contribution in [0.25, 0.3) is 0 Å². The maximum absolute atomic E-state index is 12.1. The molecule has 0 amide bonds. The molecular formula is C25H42O3. The van der Waals surface area contributed by atoms with E-state index in [0.29, 0.717) is 24.9 Å². The molecule has 0 radical (unpaired) electrons. The largest absolute Gasteiger partial charge is 0.465 e. The van der Waals surface area contributed by atoms with Crippen molar-refractivity contribution >= 4 is 5.97 Å². The van der Waals surface area contributed by atoms with Gasteiger partial charge in [0.1, 0.15) is 0 Å². The Kier molecular flexibility index (Phi) is 6.07. The highest BCUT2D eigenvalue weighted by molar-refractivity contribution is 5.69. The molecule has 6 atom stereocenters. The van der Waals surface area contributed by atoms with Gasteiger partial charge in [-0.15, -0.1) is 6.58 Å². The Morgan fingerprint density at radius 1 is 1.18 bits per heavy atom. The van der Waals surface area contributed by atoms with Crippen molar-refractivity contribution in [3.05, 3.63) is 12.7 Å². The van der Waals surface area contributed by atoms with Crippen LogP contribution in [0.3, 0.4) is 0 Å². The Morgan fingerprint density at radius 3 is 2.61 bits per heavy atom. The van der Waals surface area contributed by atoms with Crippen LogP contribution in [0.5, 0.6) is 0 Å². The quantitative estimate of drug-likeness (QED) is 0.443. The third kappa shape index (κ3) is 3.57. The van der Waals surface area contributed by atoms with E-state index in [-0.39, 0.29) is 22.2 Å². The molecule has 1 N–H and O–H groups in total. The van der Waals surface area contributed by atoms with Crippen LogP contribution in [-0.2, 0) is 9.53 Å². The zero-order chi connectivity index (χ0) is 20.6. The topological polar surface area (TPSA) is 46.5 Å². The first-order valence-corrected chi connectivity index (χ1v) is 11.6. The fourth-order valence-electron chi connectivity index (χ4n) is 7.13. The van der Waals surface area contributed by atoms with Crippen LogP contribution in [-0.4, -0.2) is 23.3 Å². The average molecular weight is 391 g/mol. The highest BCUT2D eigenvalue weighted by Gasteiger charge is 2.64. The predicted molar refractivity (Wildman–Crippen MR) is 114 cm³/mol. The van der Waals surface area contributed by atoms with Gasteiger partial charge >= 0.3 is 5.97 Å². The second kappa shape index (κ2) is 7.78. The first kappa shape index (κ1) is 21.9. The standard InChI is InChI=1S/C25H42O3/c1-6-8-10-21(26)28-18-23(4)13-9-14-24(5)20(23)12-11-19-17-22(3,7-2)15-16-25(19,24)27/h7,19-20,27H,2,6,8-18H2,1,3-5H3. The number of ether oxygens (including phenoxy) is 1. The molecule has 3 aliphatic rings. The van der Waals surface area contributed by atoms with Gasteiger partial charge in [-0.2, -0.15) is 0 Å². The third-order valence-corrected chi connectivity index (χ3v) is 9.10. The lowest BCUT2D eigenvalue weighted by molar-refractivity contribution is -0.241. The Morgan fingerprint density at radius 2 is 1.93 bits per heavy atom. The van der Waals surface area contributed by atoms with Crippen molar-refractivity contribution in [2.75, 3.05) is 6.61 Å². The van der Waals surface area contributed by atoms with Crippen molar-refractivity contribution in [3.63, 3.8) is 0 Å². The van der Waals surface area contributed by atoms with Crippen molar-refractivity contribution in [3.8, 4) is 0 Å². The highest BCUT2D eigenvalue weighted by atomic mass is 16.5. The summed E-state index contributed by atoms with van der Waals surface area (Å²) in [5, 5.41) is 12.1. The number of hydrogen-bond acceptors (Lipinski definition) is 3. The molecule has 0 aromatic carbocycles. The Balaban J connectivity index is 1.78. The second-order valence-corrected chi connectivity index (χ2v) is 11.0. The number of carbonyl (C=O) groups excluding carboxylic acids is 1. The molecular weight excluding hydrogens is 348 g/mol. The monoisotopic (exact) mass is 390 g/mol. The lowest BCUT2D eigenvalue weighted by Gasteiger charge is -2.66. The van der Waals surface area contributed by atoms with Crippen LogP contribution in [0.2, 0.25) is 0 Å². The molecule has 28 heavy (non-hydrogen) atoms. The molecule has 3 fully saturated rings. The van der Waals surface area contributed by atoms with Crippen molar-refractivity contribution < 1.29 is 14.6 Å². The Hall–Kier alpha value is -0.830. The number of rotatable bonds is 6. The zero-order valence-electron chi connectivity index (χ0n) is 18.7. The molecule has 3 nitrogen and oxygen atoms in total. The number of esters is 1. The molecule has 6 unspecified atom stereocenters. The first-order valence-electron chi connectivity index (χ1n) is 11.6. The summed E-state index contributed by atoms with van der Waals surface area (Å²) in [5.41, 5.74) is -0.533. The smallest absolute Gasteiger partial charge is 0.305 e. The summed E-state index contributed by atoms with van der Waals surface area (Å²) in [6.45, 7) is 13.6. The van der Waals surface area contributed by atoms with Gasteiger partial charge in [-0.25, -0.2) is 0 Å². The van der Waals surface area contributed by atoms with E-state index in [1.54, 1.807) is 0 Å². The van der Waals surface area contributed by atoms with Gasteiger partial charge in [-0.3, -0.25) is 4.79 Å². The van der Waals surface area contributed by atoms with E-state index < -0.39 is 5.60 Å². The summed E-state index contributed by atoms with van der Waals surface area (Å²) in [4.78, 5) is 12.1. The second-order valence-electron chi connectivity index (χ2n) is 11.0. The van der Waals surface area contributed by atoms with Gasteiger partial charge in [0.15, 0.2) is 0 Å². The summed E-state index contributed by atoms with van der Waals surface area (Å²) in [6, 6.07) is 0. The van der Waals surface area contributed by atoms with Crippen LogP contribution in [0, 0.1) is 28.1 Å². The fourth-order valence-corrected chi connectivity index (χ4v) is 7.13. The minimum absolute atomic E-state index is 0.0191. The van der Waals surface area contributed by atoms with Gasteiger partial charge in [0.25, 0.3) is 0 Å². The number of hydrogen-bond donors (Lipinski definition) is 1. The van der Waals surface area contributed by atoms with Crippen LogP contribution in [0.4, 0.5) is 0 Å². The summed E-state index contributed by atoms with van der Waals surface area (Å²) < 4.78 is 5.77. The van der Waals surface area contributed by atoms with Gasteiger partial charge in [-0.1, -0.05) is 46.6 Å². The van der Waals surface area contributed by atoms with Gasteiger partial charge in [0.05, 0.1) is 12.2 Å². The molecule has 3 rings (SSSR count). The fraction of sp³-hybridized carbons (Fsp3) is 0.880. The molecule has 3 heteroatoms. The van der Waals surface area contributed by atoms with Gasteiger partial charge in [0, 0.05) is 17.3 Å². The minimum atomic E-state index is -0.591. The normalized spacial score (nSPS) is 45.6. The SMILES string of the molecule is C=CC1(C)CCC2(O)C(CCC3C(C)(COC(=O)CCCC)CCCC32C)C1. The van der Waals surface area contributed by atoms with E-state index in [2.05, 4.69) is 40.3 Å². The number of aliphatic hydroxyl groups is 1. The zero-order valence-corrected chi connectivity index (χ0v) is 18.7. The molecule has 3 saturated carbocycles. The molecule has 3 aliphatic carbocycles. The number of carbonyl (C=O) groups is 1. The van der Waals surface area contributed by atoms with E-state index in [1.807, 2.05) is 0 Å². The molecule has 0 aromatic heterocycles. The van der Waals surface area contributed by atoms with Crippen LogP contribution < -0.4 is 0 Å². The van der Waals surface area contributed by atoms with E-state index >= 15 is 0 Å². The molecule has 0 spiro atoms. The summed E-state index contributed by atoms with van der Waals surface area (Å²) >= 11 is 0. The molecule has 160 valence electrons. The molecule has 0 saturated heterocycles. The lowest BCUT2D eigenvalue weighted by atomic mass is 9.41. The minimum Gasteiger partial charge on any atom is -0.465 e. The van der Waals surface area contributed by atoms with E-state index in [9.17, 15) is 9.90 Å². The first-order chi connectivity index (χ1) is 13.1. The molecule has 0 aromatic rings. The van der Waals surface area contributed by atoms with Gasteiger partial charge in [0.2, 0.25) is 0 Å². The van der Waals surface area contributed by atoms with Crippen LogP contribution in [0.15, 0.2) is 12.7 Å². The molecule has 0 aliphatic heterocycles. The van der Waals surface area contributed by atoms with E-state index in [4.69, 9.17) is 4.74 Å². The predicted octanol–water partition coefficient (Wildman–Crippen LogP) is 6.05. The number of allylic oxidation sites excluding steroid dienone is 1. The Bertz CT molecular complexity index is 601. The van der Waals surface area contributed by atoms with Crippen molar-refractivity contribution in [2.45, 2.75) is 104 Å². The van der Waals surface area contributed by atoms with Gasteiger partial charge in [-0.05, 0) is 68.6 Å². The average Bonchev–Trinajstić information content (AvgIpc) is 2.66. The third-order valence-electron chi connectivity index (χ3n) is 9.10. The van der Waals surface area contributed by atoms with Crippen molar-refractivity contribution in [1.82, 2.24) is 0 Å². The maximum Gasteiger partial charge on any atom is 0.305 e. The van der Waals surface area contributed by atoms with E-state index in [0.717, 1.165) is 64.2 Å². The number of unbranched alkanes of at least 4 members (excludes halogenated alkanes) is 1. The summed E-state index contributed by atoms with van der Waals surface area (Å²) in [5.74, 6) is 0.726. The lowest BCUT2D eigenvalue weighted by Crippen LogP contribution is -2.65. The number of fused-ring (bicyclic) bond motifs is 3.